The molecule has 1 aliphatic carbocycles. The molecule has 0 aromatic heterocycles. The smallest absolute Gasteiger partial charge is 1.00 e. The molecule has 0 aromatic rings. The van der Waals surface area contributed by atoms with Gasteiger partial charge in [-0.2, -0.15) is 0 Å². The van der Waals surface area contributed by atoms with Crippen molar-refractivity contribution in [2.24, 2.45) is 5.41 Å². The van der Waals surface area contributed by atoms with E-state index in [0.717, 1.165) is 11.1 Å². The maximum Gasteiger partial charge on any atom is 2.00 e. The van der Waals surface area contributed by atoms with Gasteiger partial charge < -0.3 is 7.96 Å². The summed E-state index contributed by atoms with van der Waals surface area (Å²) in [6.45, 7) is 10.7. The number of hydrogen-bond donors (Lipinski definition) is 1. The second-order valence-corrected chi connectivity index (χ2v) is 6.76. The summed E-state index contributed by atoms with van der Waals surface area (Å²) >= 11 is 0. The van der Waals surface area contributed by atoms with E-state index in [1.165, 1.54) is 36.5 Å². The van der Waals surface area contributed by atoms with E-state index in [2.05, 4.69) is 39.8 Å². The molecular formula is C20H30CaO2. The number of hydrogen-bond acceptors (Lipinski definition) is 1. The second kappa shape index (κ2) is 10.3. The Hall–Kier alpha value is -0.570. The zero-order valence-corrected chi connectivity index (χ0v) is 17.4. The van der Waals surface area contributed by atoms with Gasteiger partial charge in [0.15, 0.2) is 0 Å². The summed E-state index contributed by atoms with van der Waals surface area (Å²) in [6.07, 6.45) is 15.0. The Morgan fingerprint density at radius 2 is 1.87 bits per heavy atom. The molecule has 0 saturated heterocycles. The molecule has 23 heavy (non-hydrogen) atoms. The fraction of sp³-hybridized carbons (Fsp3) is 0.450. The van der Waals surface area contributed by atoms with Crippen LogP contribution in [0.2, 0.25) is 0 Å². The van der Waals surface area contributed by atoms with E-state index >= 15 is 0 Å². The molecule has 0 saturated carbocycles. The molecule has 0 radical (unpaired) electrons. The van der Waals surface area contributed by atoms with Crippen molar-refractivity contribution in [1.82, 2.24) is 0 Å². The Labute approximate surface area is 173 Å². The average Bonchev–Trinajstić information content (AvgIpc) is 2.36. The van der Waals surface area contributed by atoms with Crippen LogP contribution in [-0.4, -0.2) is 48.8 Å². The summed E-state index contributed by atoms with van der Waals surface area (Å²) in [7, 11) is 0. The van der Waals surface area contributed by atoms with Crippen LogP contribution >= 0.6 is 0 Å². The first-order chi connectivity index (χ1) is 10.2. The molecule has 0 atom stereocenters. The molecule has 0 heterocycles. The standard InChI is InChI=1S/C20H28O2.Ca.2H/c1-15(8-6-9-16(2)14-19(21)22)11-12-18-17(3)10-7-13-20(18,4)5;;;/h6,8-9,11-12,14H,7,10,13H2,1-5H3,(H,21,22);;;/q;+2;2*-1/b9-6+,12-11+,15-8+,16-14+;;;. The molecule has 0 amide bonds. The zero-order chi connectivity index (χ0) is 16.8. The first kappa shape index (κ1) is 22.4. The minimum Gasteiger partial charge on any atom is -1.00 e. The van der Waals surface area contributed by atoms with Crippen LogP contribution in [0.4, 0.5) is 0 Å². The molecule has 1 N–H and O–H groups in total. The molecule has 0 bridgehead atoms. The summed E-state index contributed by atoms with van der Waals surface area (Å²) in [5.74, 6) is -0.912. The summed E-state index contributed by atoms with van der Waals surface area (Å²) in [4.78, 5) is 10.5. The Kier molecular flexibility index (Phi) is 10.1. The summed E-state index contributed by atoms with van der Waals surface area (Å²) in [5, 5.41) is 8.65. The maximum atomic E-state index is 10.5. The number of carboxylic acid groups (broad SMARTS) is 1. The predicted molar refractivity (Wildman–Crippen MR) is 102 cm³/mol. The third-order valence-corrected chi connectivity index (χ3v) is 4.12. The molecular weight excluding hydrogens is 312 g/mol. The number of allylic oxidation sites excluding steroid dienone is 9. The molecule has 0 fully saturated rings. The van der Waals surface area contributed by atoms with Gasteiger partial charge in [-0.05, 0) is 56.6 Å². The largest absolute Gasteiger partial charge is 2.00 e. The van der Waals surface area contributed by atoms with Gasteiger partial charge in [-0.1, -0.05) is 55.4 Å². The van der Waals surface area contributed by atoms with Gasteiger partial charge in [-0.15, -0.1) is 0 Å². The molecule has 0 aliphatic heterocycles. The van der Waals surface area contributed by atoms with Crippen molar-refractivity contribution in [2.75, 3.05) is 0 Å². The quantitative estimate of drug-likeness (QED) is 0.410. The van der Waals surface area contributed by atoms with E-state index in [1.807, 2.05) is 12.2 Å². The van der Waals surface area contributed by atoms with Gasteiger partial charge in [0.05, 0.1) is 0 Å². The van der Waals surface area contributed by atoms with E-state index in [9.17, 15) is 4.79 Å². The molecule has 124 valence electrons. The van der Waals surface area contributed by atoms with Crippen molar-refractivity contribution in [3.8, 4) is 0 Å². The van der Waals surface area contributed by atoms with E-state index in [0.29, 0.717) is 0 Å². The average molecular weight is 343 g/mol. The summed E-state index contributed by atoms with van der Waals surface area (Å²) < 4.78 is 0. The number of rotatable bonds is 5. The predicted octanol–water partition coefficient (Wildman–Crippen LogP) is 5.45. The summed E-state index contributed by atoms with van der Waals surface area (Å²) in [5.41, 5.74) is 5.09. The van der Waals surface area contributed by atoms with Crippen LogP contribution < -0.4 is 0 Å². The Morgan fingerprint density at radius 3 is 2.43 bits per heavy atom. The Bertz CT molecular complexity index is 583. The van der Waals surface area contributed by atoms with Gasteiger partial charge in [-0.3, -0.25) is 0 Å². The van der Waals surface area contributed by atoms with Crippen LogP contribution in [0.1, 0.15) is 56.7 Å². The van der Waals surface area contributed by atoms with Crippen LogP contribution in [0, 0.1) is 5.41 Å². The minimum absolute atomic E-state index is 0. The topological polar surface area (TPSA) is 37.3 Å². The third-order valence-electron chi connectivity index (χ3n) is 4.12. The van der Waals surface area contributed by atoms with Gasteiger partial charge in [0, 0.05) is 6.08 Å². The van der Waals surface area contributed by atoms with Gasteiger partial charge in [0.2, 0.25) is 0 Å². The van der Waals surface area contributed by atoms with Gasteiger partial charge in [-0.25, -0.2) is 4.79 Å². The first-order valence-electron chi connectivity index (χ1n) is 7.87. The number of aliphatic carboxylic acids is 1. The van der Waals surface area contributed by atoms with Crippen molar-refractivity contribution >= 4 is 43.7 Å². The first-order valence-corrected chi connectivity index (χ1v) is 7.87. The van der Waals surface area contributed by atoms with Crippen LogP contribution in [-0.2, 0) is 4.79 Å². The van der Waals surface area contributed by atoms with E-state index in [1.54, 1.807) is 13.0 Å². The van der Waals surface area contributed by atoms with E-state index in [-0.39, 0.29) is 46.0 Å². The van der Waals surface area contributed by atoms with E-state index < -0.39 is 5.97 Å². The minimum atomic E-state index is -0.912. The Balaban J connectivity index is -0.00000161. The third kappa shape index (κ3) is 8.19. The van der Waals surface area contributed by atoms with Crippen molar-refractivity contribution < 1.29 is 12.8 Å². The zero-order valence-electron chi connectivity index (χ0n) is 17.1. The van der Waals surface area contributed by atoms with Crippen molar-refractivity contribution in [3.05, 3.63) is 58.7 Å². The molecule has 1 rings (SSSR count). The Morgan fingerprint density at radius 1 is 1.22 bits per heavy atom. The summed E-state index contributed by atoms with van der Waals surface area (Å²) in [6, 6.07) is 0. The SMILES string of the molecule is CC1=C(/C=C/C(C)=C/C=C/C(C)=C/C(=O)O)C(C)(C)CCC1.[Ca+2].[H-].[H-]. The van der Waals surface area contributed by atoms with Crippen molar-refractivity contribution in [1.29, 1.82) is 0 Å². The van der Waals surface area contributed by atoms with Crippen LogP contribution in [0.15, 0.2) is 58.7 Å². The van der Waals surface area contributed by atoms with Crippen LogP contribution in [0.5, 0.6) is 0 Å². The molecule has 0 unspecified atom stereocenters. The van der Waals surface area contributed by atoms with Crippen LogP contribution in [0.3, 0.4) is 0 Å². The van der Waals surface area contributed by atoms with Gasteiger partial charge >= 0.3 is 43.7 Å². The number of carboxylic acids is 1. The number of carbonyl (C=O) groups is 1. The maximum absolute atomic E-state index is 10.5. The fourth-order valence-electron chi connectivity index (χ4n) is 2.88. The van der Waals surface area contributed by atoms with Gasteiger partial charge in [0.1, 0.15) is 0 Å². The van der Waals surface area contributed by atoms with E-state index in [4.69, 9.17) is 5.11 Å². The second-order valence-electron chi connectivity index (χ2n) is 6.76. The molecule has 2 nitrogen and oxygen atoms in total. The van der Waals surface area contributed by atoms with Gasteiger partial charge in [0.25, 0.3) is 0 Å². The fourth-order valence-corrected chi connectivity index (χ4v) is 2.88. The normalized spacial score (nSPS) is 19.3. The monoisotopic (exact) mass is 342 g/mol. The molecule has 1 aliphatic rings. The van der Waals surface area contributed by atoms with Crippen molar-refractivity contribution in [2.45, 2.75) is 53.9 Å². The van der Waals surface area contributed by atoms with Crippen LogP contribution in [0.25, 0.3) is 0 Å². The molecule has 0 spiro atoms. The molecule has 3 heteroatoms. The molecule has 0 aromatic carbocycles. The van der Waals surface area contributed by atoms with Crippen molar-refractivity contribution in [3.63, 3.8) is 0 Å².